The van der Waals surface area contributed by atoms with Crippen LogP contribution in [0, 0.1) is 5.92 Å². The molecule has 1 unspecified atom stereocenters. The van der Waals surface area contributed by atoms with Crippen LogP contribution in [0.1, 0.15) is 39.0 Å². The second-order valence-corrected chi connectivity index (χ2v) is 5.45. The molecule has 1 aromatic carbocycles. The van der Waals surface area contributed by atoms with Gasteiger partial charge in [0.1, 0.15) is 0 Å². The summed E-state index contributed by atoms with van der Waals surface area (Å²) >= 11 is 4.11. The van der Waals surface area contributed by atoms with E-state index in [9.17, 15) is 4.79 Å². The fraction of sp³-hybridized carbons (Fsp3) is 0.562. The maximum Gasteiger partial charge on any atom is 0.223 e. The molecule has 1 fully saturated rings. The molecule has 1 saturated carbocycles. The van der Waals surface area contributed by atoms with Crippen LogP contribution in [0.4, 0.5) is 0 Å². The van der Waals surface area contributed by atoms with E-state index in [-0.39, 0.29) is 11.8 Å². The van der Waals surface area contributed by atoms with Crippen molar-refractivity contribution in [2.45, 2.75) is 45.1 Å². The molecule has 1 amide bonds. The molecule has 2 rings (SSSR count). The average molecular weight is 279 g/mol. The first-order valence-electron chi connectivity index (χ1n) is 7.15. The van der Waals surface area contributed by atoms with Gasteiger partial charge in [0.2, 0.25) is 5.91 Å². The first kappa shape index (κ1) is 16.1. The van der Waals surface area contributed by atoms with Gasteiger partial charge in [-0.1, -0.05) is 62.6 Å². The van der Waals surface area contributed by atoms with Crippen LogP contribution in [-0.2, 0) is 4.79 Å². The Kier molecular flexibility index (Phi) is 8.39. The summed E-state index contributed by atoms with van der Waals surface area (Å²) in [5.41, 5.74) is 0. The maximum absolute atomic E-state index is 11.5. The largest absolute Gasteiger partial charge is 0.353 e. The van der Waals surface area contributed by atoms with Crippen molar-refractivity contribution in [1.29, 1.82) is 0 Å². The van der Waals surface area contributed by atoms with E-state index < -0.39 is 0 Å². The van der Waals surface area contributed by atoms with Crippen LogP contribution in [0.5, 0.6) is 0 Å². The van der Waals surface area contributed by atoms with Gasteiger partial charge < -0.3 is 5.32 Å². The van der Waals surface area contributed by atoms with Crippen molar-refractivity contribution < 1.29 is 4.79 Å². The topological polar surface area (TPSA) is 29.1 Å². The van der Waals surface area contributed by atoms with Gasteiger partial charge in [0.25, 0.3) is 0 Å². The van der Waals surface area contributed by atoms with Crippen LogP contribution < -0.4 is 5.32 Å². The third kappa shape index (κ3) is 7.26. The van der Waals surface area contributed by atoms with Crippen LogP contribution >= 0.6 is 12.6 Å². The van der Waals surface area contributed by atoms with Crippen molar-refractivity contribution in [3.05, 3.63) is 36.4 Å². The zero-order chi connectivity index (χ0) is 13.9. The Labute approximate surface area is 122 Å². The second-order valence-electron chi connectivity index (χ2n) is 5.08. The van der Waals surface area contributed by atoms with Gasteiger partial charge in [-0.15, -0.1) is 0 Å². The Morgan fingerprint density at radius 2 is 1.58 bits per heavy atom. The molecule has 2 nitrogen and oxygen atoms in total. The summed E-state index contributed by atoms with van der Waals surface area (Å²) in [6.07, 6.45) is 6.17. The lowest BCUT2D eigenvalue weighted by molar-refractivity contribution is -0.124. The summed E-state index contributed by atoms with van der Waals surface area (Å²) in [5.74, 6) is 0.852. The van der Waals surface area contributed by atoms with E-state index >= 15 is 0 Å². The van der Waals surface area contributed by atoms with Gasteiger partial charge in [-0.25, -0.2) is 0 Å². The molecule has 3 heteroatoms. The van der Waals surface area contributed by atoms with Gasteiger partial charge in [0.05, 0.1) is 0 Å². The molecule has 1 N–H and O–H groups in total. The van der Waals surface area contributed by atoms with Crippen molar-refractivity contribution in [3.63, 3.8) is 0 Å². The highest BCUT2D eigenvalue weighted by molar-refractivity contribution is 7.80. The highest BCUT2D eigenvalue weighted by atomic mass is 32.1. The monoisotopic (exact) mass is 279 g/mol. The molecule has 0 aliphatic heterocycles. The van der Waals surface area contributed by atoms with E-state index in [1.165, 1.54) is 19.3 Å². The van der Waals surface area contributed by atoms with Crippen LogP contribution in [-0.4, -0.2) is 17.7 Å². The molecule has 0 bridgehead atoms. The molecule has 1 aliphatic carbocycles. The predicted octanol–water partition coefficient (Wildman–Crippen LogP) is 3.69. The van der Waals surface area contributed by atoms with E-state index in [4.69, 9.17) is 0 Å². The van der Waals surface area contributed by atoms with E-state index in [0.717, 1.165) is 12.8 Å². The Morgan fingerprint density at radius 1 is 1.11 bits per heavy atom. The first-order valence-corrected chi connectivity index (χ1v) is 7.78. The van der Waals surface area contributed by atoms with Crippen molar-refractivity contribution in [1.82, 2.24) is 5.32 Å². The van der Waals surface area contributed by atoms with Crippen molar-refractivity contribution in [2.24, 2.45) is 5.92 Å². The molecule has 1 atom stereocenters. The summed E-state index contributed by atoms with van der Waals surface area (Å²) in [5, 5.41) is 3.08. The zero-order valence-electron chi connectivity index (χ0n) is 11.7. The molecular weight excluding hydrogens is 254 g/mol. The minimum absolute atomic E-state index is 0.0465. The Balaban J connectivity index is 0.000000250. The number of benzene rings is 1. The maximum atomic E-state index is 11.5. The number of nitrogens with one attached hydrogen (secondary N) is 1. The Hall–Kier alpha value is -0.960. The van der Waals surface area contributed by atoms with Crippen LogP contribution in [0.15, 0.2) is 36.4 Å². The van der Waals surface area contributed by atoms with Gasteiger partial charge in [-0.05, 0) is 12.8 Å². The van der Waals surface area contributed by atoms with E-state index in [1.54, 1.807) is 0 Å². The van der Waals surface area contributed by atoms with Gasteiger partial charge in [-0.3, -0.25) is 4.79 Å². The second kappa shape index (κ2) is 9.90. The highest BCUT2D eigenvalue weighted by Gasteiger charge is 2.18. The number of thiol groups is 1. The van der Waals surface area contributed by atoms with Crippen LogP contribution in [0.3, 0.4) is 0 Å². The van der Waals surface area contributed by atoms with Gasteiger partial charge in [-0.2, -0.15) is 12.6 Å². The zero-order valence-corrected chi connectivity index (χ0v) is 12.6. The smallest absolute Gasteiger partial charge is 0.223 e. The van der Waals surface area contributed by atoms with Crippen molar-refractivity contribution in [2.75, 3.05) is 5.75 Å². The molecule has 19 heavy (non-hydrogen) atoms. The lowest BCUT2D eigenvalue weighted by Crippen LogP contribution is -2.39. The molecule has 106 valence electrons. The Bertz CT molecular complexity index is 309. The van der Waals surface area contributed by atoms with E-state index in [2.05, 4.69) is 17.9 Å². The summed E-state index contributed by atoms with van der Waals surface area (Å²) < 4.78 is 0. The number of amides is 1. The van der Waals surface area contributed by atoms with Crippen LogP contribution in [0.2, 0.25) is 0 Å². The molecule has 1 aliphatic rings. The number of hydrogen-bond donors (Lipinski definition) is 2. The fourth-order valence-corrected chi connectivity index (χ4v) is 2.22. The fourth-order valence-electron chi connectivity index (χ4n) is 2.06. The summed E-state index contributed by atoms with van der Waals surface area (Å²) in [6.45, 7) is 1.92. The lowest BCUT2D eigenvalue weighted by atomic mass is 9.95. The SMILES string of the molecule is CC(CS)C(=O)NC1CCCCC1.c1ccccc1. The van der Waals surface area contributed by atoms with Gasteiger partial charge >= 0.3 is 0 Å². The summed E-state index contributed by atoms with van der Waals surface area (Å²) in [7, 11) is 0. The van der Waals surface area contributed by atoms with Crippen molar-refractivity contribution >= 4 is 18.5 Å². The molecule has 0 saturated heterocycles. The third-order valence-electron chi connectivity index (χ3n) is 3.34. The third-order valence-corrected chi connectivity index (χ3v) is 3.89. The first-order chi connectivity index (χ1) is 9.24. The number of carbonyl (C=O) groups excluding carboxylic acids is 1. The molecule has 1 aromatic rings. The van der Waals surface area contributed by atoms with Crippen molar-refractivity contribution in [3.8, 4) is 0 Å². The summed E-state index contributed by atoms with van der Waals surface area (Å²) in [4.78, 5) is 11.5. The Morgan fingerprint density at radius 3 is 2.00 bits per heavy atom. The van der Waals surface area contributed by atoms with Gasteiger partial charge in [0.15, 0.2) is 0 Å². The standard InChI is InChI=1S/C10H19NOS.C6H6/c1-8(7-13)10(12)11-9-5-3-2-4-6-9;1-2-4-6-5-3-1/h8-9,13H,2-7H2,1H3,(H,11,12);1-6H. The number of rotatable bonds is 3. The van der Waals surface area contributed by atoms with Gasteiger partial charge in [0, 0.05) is 17.7 Å². The molecule has 0 radical (unpaired) electrons. The highest BCUT2D eigenvalue weighted by Crippen LogP contribution is 2.17. The quantitative estimate of drug-likeness (QED) is 0.812. The average Bonchev–Trinajstić information content (AvgIpc) is 2.50. The summed E-state index contributed by atoms with van der Waals surface area (Å²) in [6, 6.07) is 12.4. The van der Waals surface area contributed by atoms with Crippen LogP contribution in [0.25, 0.3) is 0 Å². The predicted molar refractivity (Wildman–Crippen MR) is 84.5 cm³/mol. The molecule has 0 aromatic heterocycles. The molecular formula is C16H25NOS. The normalized spacial score (nSPS) is 16.9. The molecule has 0 heterocycles. The minimum atomic E-state index is 0.0465. The van der Waals surface area contributed by atoms with E-state index in [1.807, 2.05) is 43.3 Å². The number of carbonyl (C=O) groups is 1. The molecule has 0 spiro atoms. The minimum Gasteiger partial charge on any atom is -0.353 e. The number of hydrogen-bond acceptors (Lipinski definition) is 2. The van der Waals surface area contributed by atoms with E-state index in [0.29, 0.717) is 11.8 Å². The lowest BCUT2D eigenvalue weighted by Gasteiger charge is -2.24.